The summed E-state index contributed by atoms with van der Waals surface area (Å²) in [4.78, 5) is 15.8. The number of carbonyl (C=O) groups is 1. The van der Waals surface area contributed by atoms with Crippen molar-refractivity contribution < 1.29 is 22.0 Å². The number of amides is 2. The maximum atomic E-state index is 12.3. The van der Waals surface area contributed by atoms with E-state index >= 15 is 0 Å². The van der Waals surface area contributed by atoms with E-state index < -0.39 is 29.0 Å². The van der Waals surface area contributed by atoms with Crippen LogP contribution in [0.15, 0.2) is 45.8 Å². The molecule has 1 aromatic heterocycles. The standard InChI is InChI=1S/C15H15BrF2N4O3S/c1-9-3-2-4-11(5-9)26(24,25)22-15(23)21-14-7-10(16)6-13(20-14)19-8-12(17)18/h2-7,12H,8H2,1H3,(H3,19,20,21,22,23). The third-order valence-electron chi connectivity index (χ3n) is 3.00. The highest BCUT2D eigenvalue weighted by Crippen LogP contribution is 2.19. The Morgan fingerprint density at radius 2 is 1.92 bits per heavy atom. The molecule has 0 atom stereocenters. The number of sulfonamides is 1. The number of benzene rings is 1. The first kappa shape index (κ1) is 20.0. The summed E-state index contributed by atoms with van der Waals surface area (Å²) < 4.78 is 51.2. The number of carbonyl (C=O) groups excluding carboxylic acids is 1. The highest BCUT2D eigenvalue weighted by atomic mass is 79.9. The molecule has 2 amide bonds. The Balaban J connectivity index is 2.09. The molecule has 0 saturated carbocycles. The van der Waals surface area contributed by atoms with E-state index in [4.69, 9.17) is 0 Å². The normalized spacial score (nSPS) is 11.3. The van der Waals surface area contributed by atoms with Gasteiger partial charge in [-0.05, 0) is 36.8 Å². The van der Waals surface area contributed by atoms with Gasteiger partial charge in [0.05, 0.1) is 11.4 Å². The number of rotatable bonds is 6. The molecule has 0 aliphatic carbocycles. The smallest absolute Gasteiger partial charge is 0.334 e. The van der Waals surface area contributed by atoms with Gasteiger partial charge in [-0.1, -0.05) is 28.1 Å². The van der Waals surface area contributed by atoms with E-state index in [9.17, 15) is 22.0 Å². The minimum atomic E-state index is -4.06. The second-order valence-corrected chi connectivity index (χ2v) is 7.80. The number of anilines is 2. The molecule has 140 valence electrons. The Morgan fingerprint density at radius 3 is 2.58 bits per heavy atom. The molecule has 7 nitrogen and oxygen atoms in total. The van der Waals surface area contributed by atoms with Crippen LogP contribution in [0.2, 0.25) is 0 Å². The average molecular weight is 449 g/mol. The summed E-state index contributed by atoms with van der Waals surface area (Å²) in [5.41, 5.74) is 0.719. The SMILES string of the molecule is Cc1cccc(S(=O)(=O)NC(=O)Nc2cc(Br)cc(NCC(F)F)n2)c1. The number of alkyl halides is 2. The topological polar surface area (TPSA) is 100 Å². The lowest BCUT2D eigenvalue weighted by Crippen LogP contribution is -2.34. The van der Waals surface area contributed by atoms with Crippen LogP contribution in [0, 0.1) is 6.92 Å². The number of pyridine rings is 1. The van der Waals surface area contributed by atoms with Crippen LogP contribution in [0.4, 0.5) is 25.2 Å². The van der Waals surface area contributed by atoms with Gasteiger partial charge in [0.25, 0.3) is 16.4 Å². The predicted octanol–water partition coefficient (Wildman–Crippen LogP) is 3.34. The maximum absolute atomic E-state index is 12.3. The predicted molar refractivity (Wildman–Crippen MR) is 96.9 cm³/mol. The monoisotopic (exact) mass is 448 g/mol. The second kappa shape index (κ2) is 8.41. The molecule has 0 fully saturated rings. The minimum absolute atomic E-state index is 0.0203. The summed E-state index contributed by atoms with van der Waals surface area (Å²) in [5, 5.41) is 4.65. The third kappa shape index (κ3) is 5.92. The van der Waals surface area contributed by atoms with Gasteiger partial charge in [-0.15, -0.1) is 0 Å². The van der Waals surface area contributed by atoms with E-state index in [1.807, 2.05) is 4.72 Å². The molecular formula is C15H15BrF2N4O3S. The van der Waals surface area contributed by atoms with Gasteiger partial charge in [-0.3, -0.25) is 5.32 Å². The van der Waals surface area contributed by atoms with Crippen LogP contribution < -0.4 is 15.4 Å². The van der Waals surface area contributed by atoms with Crippen LogP contribution in [0.25, 0.3) is 0 Å². The fourth-order valence-corrected chi connectivity index (χ4v) is 3.38. The molecule has 11 heteroatoms. The summed E-state index contributed by atoms with van der Waals surface area (Å²) in [5.74, 6) is 0.0737. The van der Waals surface area contributed by atoms with Crippen molar-refractivity contribution in [1.29, 1.82) is 0 Å². The Labute approximate surface area is 157 Å². The maximum Gasteiger partial charge on any atom is 0.334 e. The molecule has 0 unspecified atom stereocenters. The molecule has 0 bridgehead atoms. The number of hydrogen-bond acceptors (Lipinski definition) is 5. The van der Waals surface area contributed by atoms with Crippen molar-refractivity contribution in [1.82, 2.24) is 9.71 Å². The molecule has 3 N–H and O–H groups in total. The Kier molecular flexibility index (Phi) is 6.48. The zero-order valence-corrected chi connectivity index (χ0v) is 15.9. The van der Waals surface area contributed by atoms with Crippen LogP contribution in [0.3, 0.4) is 0 Å². The Hall–Kier alpha value is -2.27. The van der Waals surface area contributed by atoms with E-state index in [1.54, 1.807) is 19.1 Å². The first-order valence-electron chi connectivity index (χ1n) is 7.26. The summed E-state index contributed by atoms with van der Waals surface area (Å²) in [7, 11) is -4.06. The van der Waals surface area contributed by atoms with Gasteiger partial charge >= 0.3 is 6.03 Å². The average Bonchev–Trinajstić information content (AvgIpc) is 2.51. The van der Waals surface area contributed by atoms with Crippen LogP contribution >= 0.6 is 15.9 Å². The minimum Gasteiger partial charge on any atom is -0.364 e. The van der Waals surface area contributed by atoms with E-state index in [0.717, 1.165) is 5.56 Å². The van der Waals surface area contributed by atoms with E-state index in [2.05, 4.69) is 31.5 Å². The van der Waals surface area contributed by atoms with Crippen LogP contribution in [-0.4, -0.2) is 32.4 Å². The lowest BCUT2D eigenvalue weighted by molar-refractivity contribution is 0.163. The molecule has 0 spiro atoms. The van der Waals surface area contributed by atoms with Crippen LogP contribution in [-0.2, 0) is 10.0 Å². The molecule has 1 heterocycles. The van der Waals surface area contributed by atoms with Gasteiger partial charge < -0.3 is 5.32 Å². The number of nitrogens with one attached hydrogen (secondary N) is 3. The molecule has 2 rings (SSSR count). The fourth-order valence-electron chi connectivity index (χ4n) is 1.94. The molecule has 0 aliphatic heterocycles. The van der Waals surface area contributed by atoms with Crippen molar-refractivity contribution in [3.63, 3.8) is 0 Å². The quantitative estimate of drug-likeness (QED) is 0.628. The third-order valence-corrected chi connectivity index (χ3v) is 4.78. The Bertz CT molecular complexity index is 910. The van der Waals surface area contributed by atoms with Gasteiger partial charge in [-0.25, -0.2) is 31.7 Å². The number of urea groups is 1. The van der Waals surface area contributed by atoms with Crippen molar-refractivity contribution in [2.45, 2.75) is 18.2 Å². The van der Waals surface area contributed by atoms with E-state index in [-0.39, 0.29) is 16.5 Å². The summed E-state index contributed by atoms with van der Waals surface area (Å²) in [6.45, 7) is 1.11. The van der Waals surface area contributed by atoms with Crippen molar-refractivity contribution in [2.75, 3.05) is 17.2 Å². The Morgan fingerprint density at radius 1 is 1.23 bits per heavy atom. The van der Waals surface area contributed by atoms with Crippen molar-refractivity contribution in [3.8, 4) is 0 Å². The summed E-state index contributed by atoms with van der Waals surface area (Å²) in [6.07, 6.45) is -2.57. The highest BCUT2D eigenvalue weighted by molar-refractivity contribution is 9.10. The number of halogens is 3. The van der Waals surface area contributed by atoms with Crippen molar-refractivity contribution in [3.05, 3.63) is 46.4 Å². The molecule has 26 heavy (non-hydrogen) atoms. The molecular weight excluding hydrogens is 434 g/mol. The zero-order chi connectivity index (χ0) is 19.3. The lowest BCUT2D eigenvalue weighted by atomic mass is 10.2. The summed E-state index contributed by atoms with van der Waals surface area (Å²) >= 11 is 3.16. The second-order valence-electron chi connectivity index (χ2n) is 5.20. The number of hydrogen-bond donors (Lipinski definition) is 3. The van der Waals surface area contributed by atoms with E-state index in [0.29, 0.717) is 4.47 Å². The largest absolute Gasteiger partial charge is 0.364 e. The van der Waals surface area contributed by atoms with Crippen LogP contribution in [0.5, 0.6) is 0 Å². The van der Waals surface area contributed by atoms with Gasteiger partial charge in [0, 0.05) is 4.47 Å². The van der Waals surface area contributed by atoms with Crippen molar-refractivity contribution in [2.24, 2.45) is 0 Å². The molecule has 2 aromatic rings. The first-order chi connectivity index (χ1) is 12.2. The zero-order valence-electron chi connectivity index (χ0n) is 13.5. The molecule has 0 saturated heterocycles. The summed E-state index contributed by atoms with van der Waals surface area (Å²) in [6, 6.07) is 7.85. The first-order valence-corrected chi connectivity index (χ1v) is 9.53. The molecule has 0 aliphatic rings. The van der Waals surface area contributed by atoms with Crippen molar-refractivity contribution >= 4 is 43.6 Å². The number of nitrogens with zero attached hydrogens (tertiary/aromatic N) is 1. The van der Waals surface area contributed by atoms with Crippen LogP contribution in [0.1, 0.15) is 5.56 Å². The molecule has 1 aromatic carbocycles. The highest BCUT2D eigenvalue weighted by Gasteiger charge is 2.18. The van der Waals surface area contributed by atoms with Gasteiger partial charge in [-0.2, -0.15) is 0 Å². The van der Waals surface area contributed by atoms with Gasteiger partial charge in [0.1, 0.15) is 11.6 Å². The fraction of sp³-hybridized carbons (Fsp3) is 0.200. The van der Waals surface area contributed by atoms with Gasteiger partial charge in [0.15, 0.2) is 0 Å². The molecule has 0 radical (unpaired) electrons. The van der Waals surface area contributed by atoms with Gasteiger partial charge in [0.2, 0.25) is 0 Å². The number of aryl methyl sites for hydroxylation is 1. The number of aromatic nitrogens is 1. The lowest BCUT2D eigenvalue weighted by Gasteiger charge is -2.11. The van der Waals surface area contributed by atoms with E-state index in [1.165, 1.54) is 24.3 Å².